The number of benzene rings is 1. The molecule has 6 nitrogen and oxygen atoms in total. The first-order valence-electron chi connectivity index (χ1n) is 8.28. The van der Waals surface area contributed by atoms with Gasteiger partial charge in [-0.15, -0.1) is 0 Å². The Kier molecular flexibility index (Phi) is 5.86. The van der Waals surface area contributed by atoms with Crippen LogP contribution in [0.3, 0.4) is 0 Å². The van der Waals surface area contributed by atoms with E-state index in [2.05, 4.69) is 30.8 Å². The van der Waals surface area contributed by atoms with Gasteiger partial charge in [0.25, 0.3) is 0 Å². The molecule has 0 aliphatic carbocycles. The van der Waals surface area contributed by atoms with E-state index in [1.165, 1.54) is 0 Å². The number of hydrogen-bond donors (Lipinski definition) is 0. The Morgan fingerprint density at radius 3 is 2.68 bits per heavy atom. The zero-order chi connectivity index (χ0) is 17.6. The topological polar surface area (TPSA) is 58.6 Å². The number of amides is 1. The van der Waals surface area contributed by atoms with Crippen LogP contribution in [-0.2, 0) is 11.2 Å². The molecule has 132 valence electrons. The second-order valence-corrected chi connectivity index (χ2v) is 6.75. The number of carbonyl (C=O) groups is 1. The van der Waals surface area contributed by atoms with Gasteiger partial charge in [-0.3, -0.25) is 9.78 Å². The molecule has 7 heteroatoms. The minimum Gasteiger partial charge on any atom is -0.496 e. The molecule has 1 aliphatic heterocycles. The van der Waals surface area contributed by atoms with E-state index in [0.717, 1.165) is 54.2 Å². The standard InChI is InChI=1S/C18H21BrN4O2/c1-25-16-4-2-14(12-15(16)19)3-5-18(24)23-10-8-22(9-11-23)17-13-20-6-7-21-17/h2,4,6-7,12-13H,3,5,8-11H2,1H3. The van der Waals surface area contributed by atoms with Crippen LogP contribution in [0.2, 0.25) is 0 Å². The molecule has 25 heavy (non-hydrogen) atoms. The van der Waals surface area contributed by atoms with Gasteiger partial charge in [0.2, 0.25) is 5.91 Å². The first-order chi connectivity index (χ1) is 12.2. The number of hydrogen-bond acceptors (Lipinski definition) is 5. The predicted octanol–water partition coefficient (Wildman–Crippen LogP) is 2.53. The van der Waals surface area contributed by atoms with Crippen LogP contribution in [0.4, 0.5) is 5.82 Å². The Labute approximate surface area is 156 Å². The summed E-state index contributed by atoms with van der Waals surface area (Å²) >= 11 is 3.48. The molecule has 1 aliphatic rings. The Morgan fingerprint density at radius 1 is 1.24 bits per heavy atom. The molecule has 0 radical (unpaired) electrons. The van der Waals surface area contributed by atoms with Gasteiger partial charge in [-0.2, -0.15) is 0 Å². The van der Waals surface area contributed by atoms with Crippen molar-refractivity contribution in [3.63, 3.8) is 0 Å². The van der Waals surface area contributed by atoms with Crippen molar-refractivity contribution in [3.8, 4) is 5.75 Å². The molecule has 1 aromatic carbocycles. The van der Waals surface area contributed by atoms with Gasteiger partial charge >= 0.3 is 0 Å². The second-order valence-electron chi connectivity index (χ2n) is 5.90. The number of ether oxygens (including phenoxy) is 1. The second kappa shape index (κ2) is 8.29. The van der Waals surface area contributed by atoms with Crippen LogP contribution in [-0.4, -0.2) is 54.1 Å². The average Bonchev–Trinajstić information content (AvgIpc) is 2.67. The fraction of sp³-hybridized carbons (Fsp3) is 0.389. The third-order valence-corrected chi connectivity index (χ3v) is 4.97. The number of piperazine rings is 1. The molecule has 0 saturated carbocycles. The van der Waals surface area contributed by atoms with Crippen molar-refractivity contribution in [1.29, 1.82) is 0 Å². The smallest absolute Gasteiger partial charge is 0.223 e. The van der Waals surface area contributed by atoms with Crippen molar-refractivity contribution >= 4 is 27.7 Å². The summed E-state index contributed by atoms with van der Waals surface area (Å²) in [5.41, 5.74) is 1.12. The fourth-order valence-electron chi connectivity index (χ4n) is 2.91. The highest BCUT2D eigenvalue weighted by Gasteiger charge is 2.21. The maximum Gasteiger partial charge on any atom is 0.223 e. The number of anilines is 1. The van der Waals surface area contributed by atoms with E-state index in [-0.39, 0.29) is 5.91 Å². The number of nitrogens with zero attached hydrogens (tertiary/aromatic N) is 4. The number of rotatable bonds is 5. The van der Waals surface area contributed by atoms with Crippen molar-refractivity contribution in [1.82, 2.24) is 14.9 Å². The molecular formula is C18H21BrN4O2. The summed E-state index contributed by atoms with van der Waals surface area (Å²) in [6.45, 7) is 3.03. The zero-order valence-electron chi connectivity index (χ0n) is 14.2. The highest BCUT2D eigenvalue weighted by molar-refractivity contribution is 9.10. The molecular weight excluding hydrogens is 384 g/mol. The number of aryl methyl sites for hydroxylation is 1. The third kappa shape index (κ3) is 4.48. The van der Waals surface area contributed by atoms with Crippen molar-refractivity contribution in [2.45, 2.75) is 12.8 Å². The quantitative estimate of drug-likeness (QED) is 0.765. The van der Waals surface area contributed by atoms with E-state index in [0.29, 0.717) is 6.42 Å². The molecule has 0 bridgehead atoms. The van der Waals surface area contributed by atoms with Gasteiger partial charge < -0.3 is 14.5 Å². The number of aromatic nitrogens is 2. The van der Waals surface area contributed by atoms with Crippen LogP contribution < -0.4 is 9.64 Å². The molecule has 2 aromatic rings. The summed E-state index contributed by atoms with van der Waals surface area (Å²) in [5.74, 6) is 1.87. The lowest BCUT2D eigenvalue weighted by molar-refractivity contribution is -0.131. The number of halogens is 1. The van der Waals surface area contributed by atoms with Gasteiger partial charge in [0.1, 0.15) is 11.6 Å². The normalized spacial score (nSPS) is 14.5. The lowest BCUT2D eigenvalue weighted by Crippen LogP contribution is -2.49. The van der Waals surface area contributed by atoms with Crippen LogP contribution in [0.15, 0.2) is 41.3 Å². The zero-order valence-corrected chi connectivity index (χ0v) is 15.8. The molecule has 0 spiro atoms. The molecule has 1 amide bonds. The van der Waals surface area contributed by atoms with Crippen molar-refractivity contribution in [2.24, 2.45) is 0 Å². The monoisotopic (exact) mass is 404 g/mol. The first-order valence-corrected chi connectivity index (χ1v) is 9.08. The predicted molar refractivity (Wildman–Crippen MR) is 99.8 cm³/mol. The van der Waals surface area contributed by atoms with Gasteiger partial charge in [0, 0.05) is 45.0 Å². The molecule has 1 saturated heterocycles. The maximum absolute atomic E-state index is 12.5. The minimum absolute atomic E-state index is 0.200. The van der Waals surface area contributed by atoms with Crippen molar-refractivity contribution < 1.29 is 9.53 Å². The van der Waals surface area contributed by atoms with Gasteiger partial charge in [0.15, 0.2) is 0 Å². The minimum atomic E-state index is 0.200. The Bertz CT molecular complexity index is 718. The third-order valence-electron chi connectivity index (χ3n) is 4.35. The van der Waals surface area contributed by atoms with Crippen LogP contribution in [0.5, 0.6) is 5.75 Å². The first kappa shape index (κ1) is 17.7. The van der Waals surface area contributed by atoms with Gasteiger partial charge in [0.05, 0.1) is 17.8 Å². The summed E-state index contributed by atoms with van der Waals surface area (Å²) in [6, 6.07) is 5.94. The van der Waals surface area contributed by atoms with Gasteiger partial charge in [-0.1, -0.05) is 6.07 Å². The van der Waals surface area contributed by atoms with E-state index < -0.39 is 0 Å². The van der Waals surface area contributed by atoms with E-state index >= 15 is 0 Å². The van der Waals surface area contributed by atoms with Crippen molar-refractivity contribution in [2.75, 3.05) is 38.2 Å². The summed E-state index contributed by atoms with van der Waals surface area (Å²) in [4.78, 5) is 25.0. The number of carbonyl (C=O) groups excluding carboxylic acids is 1. The average molecular weight is 405 g/mol. The molecule has 1 aromatic heterocycles. The van der Waals surface area contributed by atoms with Crippen molar-refractivity contribution in [3.05, 3.63) is 46.8 Å². The molecule has 0 N–H and O–H groups in total. The van der Waals surface area contributed by atoms with Crippen LogP contribution in [0.25, 0.3) is 0 Å². The summed E-state index contributed by atoms with van der Waals surface area (Å²) in [5, 5.41) is 0. The molecule has 0 unspecified atom stereocenters. The Hall–Kier alpha value is -2.15. The van der Waals surface area contributed by atoms with Crippen LogP contribution in [0.1, 0.15) is 12.0 Å². The Morgan fingerprint density at radius 2 is 2.04 bits per heavy atom. The Balaban J connectivity index is 1.49. The van der Waals surface area contributed by atoms with E-state index in [4.69, 9.17) is 4.74 Å². The lowest BCUT2D eigenvalue weighted by Gasteiger charge is -2.35. The summed E-state index contributed by atoms with van der Waals surface area (Å²) < 4.78 is 6.15. The molecule has 1 fully saturated rings. The summed E-state index contributed by atoms with van der Waals surface area (Å²) in [6.07, 6.45) is 6.37. The van der Waals surface area contributed by atoms with E-state index in [1.807, 2.05) is 23.1 Å². The molecule has 0 atom stereocenters. The highest BCUT2D eigenvalue weighted by Crippen LogP contribution is 2.26. The SMILES string of the molecule is COc1ccc(CCC(=O)N2CCN(c3cnccn3)CC2)cc1Br. The van der Waals surface area contributed by atoms with Crippen LogP contribution >= 0.6 is 15.9 Å². The van der Waals surface area contributed by atoms with Gasteiger partial charge in [-0.05, 0) is 40.0 Å². The maximum atomic E-state index is 12.5. The lowest BCUT2D eigenvalue weighted by atomic mass is 10.1. The van der Waals surface area contributed by atoms with E-state index in [9.17, 15) is 4.79 Å². The largest absolute Gasteiger partial charge is 0.496 e. The fourth-order valence-corrected chi connectivity index (χ4v) is 3.50. The molecule has 3 rings (SSSR count). The summed E-state index contributed by atoms with van der Waals surface area (Å²) in [7, 11) is 1.64. The van der Waals surface area contributed by atoms with Gasteiger partial charge in [-0.25, -0.2) is 4.98 Å². The number of methoxy groups -OCH3 is 1. The van der Waals surface area contributed by atoms with Crippen LogP contribution in [0, 0.1) is 0 Å². The molecule has 2 heterocycles. The van der Waals surface area contributed by atoms with E-state index in [1.54, 1.807) is 25.7 Å². The highest BCUT2D eigenvalue weighted by atomic mass is 79.9.